The van der Waals surface area contributed by atoms with Crippen LogP contribution in [0, 0.1) is 46.3 Å². The number of nitrogens with one attached hydrogen (secondary N) is 1. The predicted octanol–water partition coefficient (Wildman–Crippen LogP) is 7.70. The maximum atomic E-state index is 12.5. The molecule has 210 valence electrons. The molecule has 5 rings (SSSR count). The lowest BCUT2D eigenvalue weighted by Crippen LogP contribution is -2.55. The van der Waals surface area contributed by atoms with Crippen LogP contribution in [0.2, 0.25) is 0 Å². The van der Waals surface area contributed by atoms with Crippen molar-refractivity contribution < 1.29 is 14.3 Å². The van der Waals surface area contributed by atoms with Gasteiger partial charge >= 0.3 is 5.97 Å². The summed E-state index contributed by atoms with van der Waals surface area (Å²) in [6.45, 7) is 7.97. The van der Waals surface area contributed by atoms with E-state index in [1.807, 2.05) is 30.3 Å². The van der Waals surface area contributed by atoms with Gasteiger partial charge in [-0.15, -0.1) is 0 Å². The van der Waals surface area contributed by atoms with E-state index in [9.17, 15) is 9.59 Å². The maximum Gasteiger partial charge on any atom is 0.325 e. The van der Waals surface area contributed by atoms with Crippen LogP contribution < -0.4 is 5.32 Å². The standard InChI is InChI=1S/C34H51NO3/c1-4-25-21-27-29-17-16-26(33(29,2)20-18-30(27)34(3)19-9-8-14-28(25)34)13-10-15-31(36)35-22-32(37)38-23-24-11-6-5-7-12-24/h5-7,11-12,25-30H,4,8-10,13-23H2,1-3H3,(H,35,36)/t25-,26?,27?,28?,29?,30-,33?,34?/m0/s1. The highest BCUT2D eigenvalue weighted by atomic mass is 16.5. The van der Waals surface area contributed by atoms with Crippen molar-refractivity contribution in [1.29, 1.82) is 0 Å². The number of hydrogen-bond acceptors (Lipinski definition) is 3. The minimum Gasteiger partial charge on any atom is -0.460 e. The molecule has 1 aromatic carbocycles. The summed E-state index contributed by atoms with van der Waals surface area (Å²) in [4.78, 5) is 24.5. The molecular formula is C34H51NO3. The zero-order valence-electron chi connectivity index (χ0n) is 24.2. The molecule has 0 spiro atoms. The fourth-order valence-electron chi connectivity index (χ4n) is 10.2. The number of rotatable bonds is 9. The monoisotopic (exact) mass is 521 g/mol. The van der Waals surface area contributed by atoms with Gasteiger partial charge in [0, 0.05) is 6.42 Å². The van der Waals surface area contributed by atoms with Crippen LogP contribution in [0.15, 0.2) is 30.3 Å². The van der Waals surface area contributed by atoms with Crippen molar-refractivity contribution in [3.63, 3.8) is 0 Å². The Bertz CT molecular complexity index is 962. The third-order valence-corrected chi connectivity index (χ3v) is 12.1. The summed E-state index contributed by atoms with van der Waals surface area (Å²) in [5.41, 5.74) is 1.99. The molecule has 4 aliphatic carbocycles. The Morgan fingerprint density at radius 3 is 2.53 bits per heavy atom. The summed E-state index contributed by atoms with van der Waals surface area (Å²) < 4.78 is 5.28. The van der Waals surface area contributed by atoms with Crippen molar-refractivity contribution in [2.75, 3.05) is 6.54 Å². The Labute approximate surface area is 231 Å². The molecule has 4 saturated carbocycles. The molecule has 0 aromatic heterocycles. The quantitative estimate of drug-likeness (QED) is 0.339. The molecule has 0 bridgehead atoms. The molecule has 0 saturated heterocycles. The first-order valence-corrected chi connectivity index (χ1v) is 15.8. The van der Waals surface area contributed by atoms with E-state index in [0.29, 0.717) is 17.3 Å². The number of esters is 1. The van der Waals surface area contributed by atoms with Crippen LogP contribution in [0.3, 0.4) is 0 Å². The van der Waals surface area contributed by atoms with Crippen molar-refractivity contribution in [3.8, 4) is 0 Å². The van der Waals surface area contributed by atoms with Crippen molar-refractivity contribution in [2.45, 2.75) is 111 Å². The van der Waals surface area contributed by atoms with Gasteiger partial charge < -0.3 is 10.1 Å². The molecule has 4 nitrogen and oxygen atoms in total. The molecule has 4 fully saturated rings. The average Bonchev–Trinajstić information content (AvgIpc) is 3.26. The van der Waals surface area contributed by atoms with Gasteiger partial charge in [-0.1, -0.05) is 70.4 Å². The normalized spacial score (nSPS) is 38.0. The SMILES string of the molecule is CC[C@H]1CC2C3CCC(CCCC(=O)NCC(=O)OCc4ccccc4)C3(C)CC[C@@H]2C2(C)CCCCC12. The van der Waals surface area contributed by atoms with Gasteiger partial charge in [0.2, 0.25) is 5.91 Å². The molecule has 4 aliphatic rings. The first kappa shape index (κ1) is 27.7. The van der Waals surface area contributed by atoms with Crippen molar-refractivity contribution >= 4 is 11.9 Å². The smallest absolute Gasteiger partial charge is 0.325 e. The average molecular weight is 522 g/mol. The first-order chi connectivity index (χ1) is 18.3. The maximum absolute atomic E-state index is 12.5. The van der Waals surface area contributed by atoms with Gasteiger partial charge in [-0.05, 0) is 110 Å². The van der Waals surface area contributed by atoms with E-state index >= 15 is 0 Å². The Balaban J connectivity index is 1.09. The van der Waals surface area contributed by atoms with Gasteiger partial charge in [0.05, 0.1) is 0 Å². The summed E-state index contributed by atoms with van der Waals surface area (Å²) in [6.07, 6.45) is 16.8. The van der Waals surface area contributed by atoms with E-state index in [-0.39, 0.29) is 25.0 Å². The molecular weight excluding hydrogens is 470 g/mol. The lowest BCUT2D eigenvalue weighted by atomic mass is 9.42. The highest BCUT2D eigenvalue weighted by Crippen LogP contribution is 2.69. The lowest BCUT2D eigenvalue weighted by Gasteiger charge is -2.62. The second kappa shape index (κ2) is 11.7. The van der Waals surface area contributed by atoms with Gasteiger partial charge in [0.1, 0.15) is 13.2 Å². The van der Waals surface area contributed by atoms with Crippen molar-refractivity contribution in [3.05, 3.63) is 35.9 Å². The largest absolute Gasteiger partial charge is 0.460 e. The van der Waals surface area contributed by atoms with Gasteiger partial charge in [0.25, 0.3) is 0 Å². The molecule has 8 atom stereocenters. The molecule has 0 radical (unpaired) electrons. The minimum atomic E-state index is -0.378. The van der Waals surface area contributed by atoms with Crippen LogP contribution in [0.25, 0.3) is 0 Å². The number of amides is 1. The summed E-state index contributed by atoms with van der Waals surface area (Å²) in [6, 6.07) is 9.64. The fraction of sp³-hybridized carbons (Fsp3) is 0.765. The molecule has 4 heteroatoms. The molecule has 1 N–H and O–H groups in total. The third-order valence-electron chi connectivity index (χ3n) is 12.1. The first-order valence-electron chi connectivity index (χ1n) is 15.8. The predicted molar refractivity (Wildman–Crippen MR) is 152 cm³/mol. The molecule has 38 heavy (non-hydrogen) atoms. The van der Waals surface area contributed by atoms with Crippen LogP contribution in [0.1, 0.15) is 110 Å². The third kappa shape index (κ3) is 5.43. The van der Waals surface area contributed by atoms with Gasteiger partial charge in [-0.25, -0.2) is 0 Å². The van der Waals surface area contributed by atoms with Crippen LogP contribution in [0.5, 0.6) is 0 Å². The van der Waals surface area contributed by atoms with E-state index in [1.54, 1.807) is 0 Å². The van der Waals surface area contributed by atoms with E-state index < -0.39 is 0 Å². The van der Waals surface area contributed by atoms with Gasteiger partial charge in [-0.2, -0.15) is 0 Å². The highest BCUT2D eigenvalue weighted by Gasteiger charge is 2.60. The van der Waals surface area contributed by atoms with Crippen molar-refractivity contribution in [2.24, 2.45) is 46.3 Å². The molecule has 1 amide bonds. The van der Waals surface area contributed by atoms with Gasteiger partial charge in [-0.3, -0.25) is 9.59 Å². The van der Waals surface area contributed by atoms with Crippen LogP contribution in [0.4, 0.5) is 0 Å². The minimum absolute atomic E-state index is 0.0283. The lowest BCUT2D eigenvalue weighted by molar-refractivity contribution is -0.145. The zero-order chi connectivity index (χ0) is 26.8. The molecule has 1 aromatic rings. The second-order valence-electron chi connectivity index (χ2n) is 13.8. The fourth-order valence-corrected chi connectivity index (χ4v) is 10.2. The Kier molecular flexibility index (Phi) is 8.55. The summed E-state index contributed by atoms with van der Waals surface area (Å²) in [5.74, 6) is 5.00. The number of carbonyl (C=O) groups is 2. The van der Waals surface area contributed by atoms with Crippen LogP contribution >= 0.6 is 0 Å². The number of ether oxygens (including phenoxy) is 1. The number of carbonyl (C=O) groups excluding carboxylic acids is 2. The Morgan fingerprint density at radius 1 is 0.947 bits per heavy atom. The summed E-state index contributed by atoms with van der Waals surface area (Å²) in [5, 5.41) is 2.78. The van der Waals surface area contributed by atoms with E-state index in [0.717, 1.165) is 53.9 Å². The van der Waals surface area contributed by atoms with E-state index in [1.165, 1.54) is 64.2 Å². The second-order valence-corrected chi connectivity index (χ2v) is 13.8. The molecule has 0 heterocycles. The topological polar surface area (TPSA) is 55.4 Å². The molecule has 0 aliphatic heterocycles. The Hall–Kier alpha value is -1.84. The van der Waals surface area contributed by atoms with Crippen LogP contribution in [-0.4, -0.2) is 18.4 Å². The Morgan fingerprint density at radius 2 is 1.74 bits per heavy atom. The van der Waals surface area contributed by atoms with Crippen LogP contribution in [-0.2, 0) is 20.9 Å². The number of fused-ring (bicyclic) bond motifs is 5. The van der Waals surface area contributed by atoms with Crippen molar-refractivity contribution in [1.82, 2.24) is 5.32 Å². The summed E-state index contributed by atoms with van der Waals surface area (Å²) in [7, 11) is 0. The van der Waals surface area contributed by atoms with E-state index in [4.69, 9.17) is 4.74 Å². The van der Waals surface area contributed by atoms with E-state index in [2.05, 4.69) is 26.1 Å². The van der Waals surface area contributed by atoms with Gasteiger partial charge in [0.15, 0.2) is 0 Å². The highest BCUT2D eigenvalue weighted by molar-refractivity contribution is 5.81. The number of benzene rings is 1. The molecule has 6 unspecified atom stereocenters. The zero-order valence-corrected chi connectivity index (χ0v) is 24.2. The summed E-state index contributed by atoms with van der Waals surface area (Å²) >= 11 is 0. The number of hydrogen-bond donors (Lipinski definition) is 1.